The molecule has 5 atom stereocenters. The Morgan fingerprint density at radius 2 is 1.80 bits per heavy atom. The second kappa shape index (κ2) is 15.2. The van der Waals surface area contributed by atoms with Crippen molar-refractivity contribution < 1.29 is 41.8 Å². The molecule has 0 spiro atoms. The first-order valence-electron chi connectivity index (χ1n) is 18.7. The van der Waals surface area contributed by atoms with Gasteiger partial charge in [-0.1, -0.05) is 48.5 Å². The van der Waals surface area contributed by atoms with E-state index in [1.807, 2.05) is 93.3 Å². The molecule has 55 heavy (non-hydrogen) atoms. The van der Waals surface area contributed by atoms with Gasteiger partial charge in [-0.3, -0.25) is 24.4 Å². The Bertz CT molecular complexity index is 1950. The fourth-order valence-corrected chi connectivity index (χ4v) is 8.37. The lowest BCUT2D eigenvalue weighted by Gasteiger charge is -2.47. The van der Waals surface area contributed by atoms with Gasteiger partial charge in [-0.05, 0) is 64.3 Å². The number of aliphatic hydroxyl groups is 1. The van der Waals surface area contributed by atoms with Crippen molar-refractivity contribution in [2.24, 2.45) is 5.92 Å². The van der Waals surface area contributed by atoms with E-state index in [-0.39, 0.29) is 44.7 Å². The second-order valence-electron chi connectivity index (χ2n) is 15.8. The predicted molar refractivity (Wildman–Crippen MR) is 198 cm³/mol. The summed E-state index contributed by atoms with van der Waals surface area (Å²) in [5.41, 5.74) is 0.708. The summed E-state index contributed by atoms with van der Waals surface area (Å²) in [6, 6.07) is 19.4. The summed E-state index contributed by atoms with van der Waals surface area (Å²) in [5.74, 6) is -0.352. The van der Waals surface area contributed by atoms with Crippen LogP contribution >= 0.6 is 0 Å². The first-order valence-corrected chi connectivity index (χ1v) is 18.7. The molecule has 2 N–H and O–H groups in total. The van der Waals surface area contributed by atoms with E-state index in [2.05, 4.69) is 10.3 Å². The molecule has 2 amide bonds. The molecule has 7 rings (SSSR count). The third-order valence-corrected chi connectivity index (χ3v) is 11.2. The van der Waals surface area contributed by atoms with Crippen molar-refractivity contribution in [1.82, 2.24) is 25.0 Å². The van der Waals surface area contributed by atoms with Gasteiger partial charge in [-0.15, -0.1) is 0 Å². The lowest BCUT2D eigenvalue weighted by atomic mass is 9.89. The molecule has 4 aromatic rings. The highest BCUT2D eigenvalue weighted by Gasteiger charge is 2.54. The van der Waals surface area contributed by atoms with Crippen molar-refractivity contribution in [1.29, 1.82) is 0 Å². The summed E-state index contributed by atoms with van der Waals surface area (Å²) >= 11 is 0. The predicted octanol–water partition coefficient (Wildman–Crippen LogP) is 5.43. The number of carbonyl (C=O) groups excluding carboxylic acids is 2. The maximum atomic E-state index is 14.9. The number of halogens is 3. The van der Waals surface area contributed by atoms with E-state index in [9.17, 15) is 27.9 Å². The van der Waals surface area contributed by atoms with Gasteiger partial charge in [0, 0.05) is 55.4 Å². The van der Waals surface area contributed by atoms with E-state index in [1.54, 1.807) is 28.3 Å². The topological polar surface area (TPSA) is 121 Å². The lowest BCUT2D eigenvalue weighted by Crippen LogP contribution is -2.63. The van der Waals surface area contributed by atoms with Crippen LogP contribution in [0.5, 0.6) is 5.75 Å². The summed E-state index contributed by atoms with van der Waals surface area (Å²) in [5, 5.41) is 14.7. The van der Waals surface area contributed by atoms with Gasteiger partial charge < -0.3 is 29.2 Å². The van der Waals surface area contributed by atoms with Crippen LogP contribution < -0.4 is 10.1 Å². The molecule has 11 nitrogen and oxygen atoms in total. The van der Waals surface area contributed by atoms with Crippen LogP contribution in [0.1, 0.15) is 57.0 Å². The number of hydrogen-bond donors (Lipinski definition) is 2. The number of amides is 2. The number of aliphatic hydroxyl groups excluding tert-OH is 1. The number of carbonyl (C=O) groups is 2. The molecule has 3 aliphatic rings. The van der Waals surface area contributed by atoms with Gasteiger partial charge in [-0.25, -0.2) is 0 Å². The van der Waals surface area contributed by atoms with Crippen molar-refractivity contribution in [3.63, 3.8) is 0 Å². The lowest BCUT2D eigenvalue weighted by molar-refractivity contribution is -0.153. The molecule has 0 radical (unpaired) electrons. The first-order chi connectivity index (χ1) is 26.1. The van der Waals surface area contributed by atoms with Crippen LogP contribution in [-0.4, -0.2) is 106 Å². The molecule has 1 unspecified atom stereocenters. The number of rotatable bonds is 11. The number of para-hydroxylation sites is 1. The number of aromatic nitrogens is 1. The fraction of sp³-hybridized carbons (Fsp3) is 0.488. The van der Waals surface area contributed by atoms with Crippen molar-refractivity contribution >= 4 is 22.8 Å². The number of nitrogens with zero attached hydrogens (tertiary/aromatic N) is 4. The van der Waals surface area contributed by atoms with Gasteiger partial charge in [0.2, 0.25) is 11.8 Å². The van der Waals surface area contributed by atoms with Crippen LogP contribution in [0.3, 0.4) is 0 Å². The van der Waals surface area contributed by atoms with Crippen molar-refractivity contribution in [2.45, 2.75) is 82.3 Å². The van der Waals surface area contributed by atoms with Crippen LogP contribution in [0.15, 0.2) is 83.5 Å². The number of piperazine rings is 1. The van der Waals surface area contributed by atoms with Crippen molar-refractivity contribution in [3.8, 4) is 5.75 Å². The average Bonchev–Trinajstić information content (AvgIpc) is 3.72. The van der Waals surface area contributed by atoms with Crippen molar-refractivity contribution in [2.75, 3.05) is 39.3 Å². The maximum Gasteiger partial charge on any atom is 0.405 e. The molecular formula is C41H48F3N5O6. The number of nitrogens with one attached hydrogen (secondary N) is 1. The van der Waals surface area contributed by atoms with E-state index in [0.29, 0.717) is 30.1 Å². The maximum absolute atomic E-state index is 14.9. The highest BCUT2D eigenvalue weighted by molar-refractivity contribution is 5.82. The molecule has 294 valence electrons. The van der Waals surface area contributed by atoms with Gasteiger partial charge in [-0.2, -0.15) is 13.2 Å². The highest BCUT2D eigenvalue weighted by Crippen LogP contribution is 2.48. The zero-order chi connectivity index (χ0) is 39.1. The third kappa shape index (κ3) is 8.23. The van der Waals surface area contributed by atoms with E-state index in [4.69, 9.17) is 13.9 Å². The zero-order valence-corrected chi connectivity index (χ0v) is 31.5. The molecule has 5 heterocycles. The van der Waals surface area contributed by atoms with Gasteiger partial charge in [0.1, 0.15) is 48.1 Å². The molecule has 2 aromatic carbocycles. The summed E-state index contributed by atoms with van der Waals surface area (Å²) in [6.45, 7) is 7.17. The van der Waals surface area contributed by atoms with Crippen molar-refractivity contribution in [3.05, 3.63) is 96.0 Å². The molecule has 14 heteroatoms. The largest absolute Gasteiger partial charge is 0.490 e. The Morgan fingerprint density at radius 1 is 1.05 bits per heavy atom. The molecule has 0 aliphatic carbocycles. The second-order valence-corrected chi connectivity index (χ2v) is 15.8. The van der Waals surface area contributed by atoms with E-state index >= 15 is 0 Å². The molecule has 0 bridgehead atoms. The number of hydrogen-bond acceptors (Lipinski definition) is 9. The number of benzene rings is 2. The third-order valence-electron chi connectivity index (χ3n) is 11.2. The summed E-state index contributed by atoms with van der Waals surface area (Å²) in [6.07, 6.45) is -2.37. The Balaban J connectivity index is 1.13. The summed E-state index contributed by atoms with van der Waals surface area (Å²) < 4.78 is 58.4. The molecule has 2 fully saturated rings. The molecule has 2 saturated heterocycles. The van der Waals surface area contributed by atoms with E-state index in [0.717, 1.165) is 16.5 Å². The minimum Gasteiger partial charge on any atom is -0.490 e. The normalized spacial score (nSPS) is 22.8. The Kier molecular flexibility index (Phi) is 10.7. The van der Waals surface area contributed by atoms with Crippen LogP contribution in [0.25, 0.3) is 11.0 Å². The molecule has 0 saturated carbocycles. The number of fused-ring (bicyclic) bond motifs is 4. The van der Waals surface area contributed by atoms with Gasteiger partial charge >= 0.3 is 6.18 Å². The molecule has 3 aliphatic heterocycles. The number of pyridine rings is 1. The number of ether oxygens (including phenoxy) is 2. The van der Waals surface area contributed by atoms with Crippen LogP contribution in [0.2, 0.25) is 0 Å². The van der Waals surface area contributed by atoms with Gasteiger partial charge in [0.05, 0.1) is 17.7 Å². The smallest absolute Gasteiger partial charge is 0.405 e. The minimum absolute atomic E-state index is 0.0319. The Morgan fingerprint density at radius 3 is 2.55 bits per heavy atom. The first kappa shape index (κ1) is 38.8. The van der Waals surface area contributed by atoms with E-state index in [1.165, 1.54) is 0 Å². The average molecular weight is 764 g/mol. The Hall–Kier alpha value is -4.50. The molecular weight excluding hydrogens is 715 g/mol. The van der Waals surface area contributed by atoms with Crippen LogP contribution in [-0.2, 0) is 26.3 Å². The van der Waals surface area contributed by atoms with Gasteiger partial charge in [0.25, 0.3) is 0 Å². The molecule has 2 aromatic heterocycles. The number of furan rings is 1. The number of alkyl halides is 3. The van der Waals surface area contributed by atoms with Gasteiger partial charge in [0.15, 0.2) is 0 Å². The quantitative estimate of drug-likeness (QED) is 0.206. The van der Waals surface area contributed by atoms with Crippen LogP contribution in [0, 0.1) is 5.92 Å². The fourth-order valence-electron chi connectivity index (χ4n) is 8.37. The van der Waals surface area contributed by atoms with Crippen LogP contribution in [0.4, 0.5) is 13.2 Å². The Labute approximate surface area is 318 Å². The standard InChI is InChI=1S/C41H48F3N5O6/c1-39(2,35-20-28-21-45-15-14-32(28)54-35)48-17-16-47(31(23-48)37(51)46-25-41(42,43)44)22-29(50)19-27(18-26-10-6-5-7-11-26)38(52)49-36-30-12-8-9-13-33(30)53-24-34(36)55-40(49,3)4/h5-15,20-21,27,29,31,34,36,50H,16-19,22-25H2,1-4H3,(H,46,51)/t27?,29-,31-,34+,36-/m0/s1. The minimum atomic E-state index is -4.60. The summed E-state index contributed by atoms with van der Waals surface area (Å²) in [4.78, 5) is 38.1. The SMILES string of the molecule is CC1(C)O[C@@H]2COc3ccccc3[C@@H]2N1C(=O)C(Cc1ccccc1)C[C@H](O)CN1CCN(C(C)(C)c2cc3cnccc3o2)C[C@H]1C(=O)NCC(F)(F)F. The highest BCUT2D eigenvalue weighted by atomic mass is 19.4. The summed E-state index contributed by atoms with van der Waals surface area (Å²) in [7, 11) is 0. The monoisotopic (exact) mass is 763 g/mol. The zero-order valence-electron chi connectivity index (χ0n) is 31.5. The van der Waals surface area contributed by atoms with E-state index < -0.39 is 54.0 Å². The number of β-amino-alcohol motifs (C(OH)–C–C–N with tert-alkyl or cyclic N) is 1.